The lowest BCUT2D eigenvalue weighted by Gasteiger charge is -2.13. The third-order valence-electron chi connectivity index (χ3n) is 3.74. The molecule has 122 valence electrons. The Balaban J connectivity index is 2.13. The molecule has 0 bridgehead atoms. The van der Waals surface area contributed by atoms with Crippen LogP contribution in [0.2, 0.25) is 0 Å². The minimum absolute atomic E-state index is 0.160. The van der Waals surface area contributed by atoms with E-state index in [1.807, 2.05) is 55.5 Å². The number of carbonyl (C=O) groups excluding carboxylic acids is 1. The van der Waals surface area contributed by atoms with Gasteiger partial charge >= 0.3 is 0 Å². The number of ether oxygens (including phenoxy) is 2. The van der Waals surface area contributed by atoms with Gasteiger partial charge in [-0.15, -0.1) is 0 Å². The smallest absolute Gasteiger partial charge is 0.162 e. The van der Waals surface area contributed by atoms with Gasteiger partial charge in [-0.05, 0) is 42.2 Å². The van der Waals surface area contributed by atoms with Crippen molar-refractivity contribution in [1.82, 2.24) is 0 Å². The van der Waals surface area contributed by atoms with Gasteiger partial charge < -0.3 is 9.47 Å². The highest BCUT2D eigenvalue weighted by atomic mass is 16.5. The Labute approximate surface area is 138 Å². The summed E-state index contributed by atoms with van der Waals surface area (Å²) in [4.78, 5) is 11.9. The molecule has 0 saturated carbocycles. The third-order valence-corrected chi connectivity index (χ3v) is 3.74. The zero-order chi connectivity index (χ0) is 16.5. The van der Waals surface area contributed by atoms with Gasteiger partial charge in [-0.2, -0.15) is 0 Å². The van der Waals surface area contributed by atoms with Crippen LogP contribution in [0.1, 0.15) is 41.3 Å². The lowest BCUT2D eigenvalue weighted by Crippen LogP contribution is -2.03. The van der Waals surface area contributed by atoms with E-state index in [9.17, 15) is 4.79 Å². The normalized spacial score (nSPS) is 10.5. The van der Waals surface area contributed by atoms with Crippen LogP contribution in [0.25, 0.3) is 0 Å². The Kier molecular flexibility index (Phi) is 6.82. The molecule has 2 aromatic rings. The fraction of sp³-hybridized carbons (Fsp3) is 0.350. The Bertz CT molecular complexity index is 620. The Morgan fingerprint density at radius 1 is 1.09 bits per heavy atom. The predicted molar refractivity (Wildman–Crippen MR) is 92.0 cm³/mol. The molecule has 0 aliphatic heterocycles. The van der Waals surface area contributed by atoms with Crippen molar-refractivity contribution in [2.75, 3.05) is 13.7 Å². The molecule has 3 nitrogen and oxygen atoms in total. The highest BCUT2D eigenvalue weighted by Crippen LogP contribution is 2.24. The number of hydrogen-bond donors (Lipinski definition) is 0. The minimum Gasteiger partial charge on any atom is -0.489 e. The van der Waals surface area contributed by atoms with Crippen molar-refractivity contribution < 1.29 is 14.3 Å². The largest absolute Gasteiger partial charge is 0.489 e. The van der Waals surface area contributed by atoms with Crippen LogP contribution in [0.15, 0.2) is 48.5 Å². The second-order valence-electron chi connectivity index (χ2n) is 5.47. The van der Waals surface area contributed by atoms with E-state index >= 15 is 0 Å². The number of aryl methyl sites for hydroxylation is 1. The SMILES string of the molecule is CCC(=O)c1ccc(OCc2ccccc2)c(CCCOC)c1. The molecular formula is C20H24O3. The molecule has 0 N–H and O–H groups in total. The van der Waals surface area contributed by atoms with Gasteiger partial charge in [0.25, 0.3) is 0 Å². The van der Waals surface area contributed by atoms with Crippen LogP contribution in [-0.2, 0) is 17.8 Å². The van der Waals surface area contributed by atoms with E-state index in [0.717, 1.165) is 35.3 Å². The molecule has 0 unspecified atom stereocenters. The van der Waals surface area contributed by atoms with Gasteiger partial charge in [-0.3, -0.25) is 4.79 Å². The van der Waals surface area contributed by atoms with Crippen molar-refractivity contribution in [1.29, 1.82) is 0 Å². The molecule has 0 amide bonds. The van der Waals surface area contributed by atoms with Crippen LogP contribution < -0.4 is 4.74 Å². The second-order valence-corrected chi connectivity index (χ2v) is 5.47. The summed E-state index contributed by atoms with van der Waals surface area (Å²) in [5.41, 5.74) is 2.95. The molecule has 2 rings (SSSR count). The van der Waals surface area contributed by atoms with Crippen molar-refractivity contribution in [3.8, 4) is 5.75 Å². The summed E-state index contributed by atoms with van der Waals surface area (Å²) < 4.78 is 11.1. The highest BCUT2D eigenvalue weighted by Gasteiger charge is 2.10. The first-order chi connectivity index (χ1) is 11.2. The average Bonchev–Trinajstić information content (AvgIpc) is 2.61. The lowest BCUT2D eigenvalue weighted by molar-refractivity contribution is 0.0988. The van der Waals surface area contributed by atoms with Crippen molar-refractivity contribution in [2.45, 2.75) is 32.8 Å². The molecule has 23 heavy (non-hydrogen) atoms. The maximum atomic E-state index is 11.9. The number of rotatable bonds is 9. The summed E-state index contributed by atoms with van der Waals surface area (Å²) in [6.07, 6.45) is 2.26. The third kappa shape index (κ3) is 5.22. The zero-order valence-corrected chi connectivity index (χ0v) is 13.9. The lowest BCUT2D eigenvalue weighted by atomic mass is 10.0. The average molecular weight is 312 g/mol. The molecule has 0 aromatic heterocycles. The first kappa shape index (κ1) is 17.2. The molecule has 0 atom stereocenters. The molecule has 2 aromatic carbocycles. The molecule has 0 aliphatic rings. The molecule has 3 heteroatoms. The molecule has 0 heterocycles. The van der Waals surface area contributed by atoms with Gasteiger partial charge in [0, 0.05) is 25.7 Å². The van der Waals surface area contributed by atoms with E-state index < -0.39 is 0 Å². The van der Waals surface area contributed by atoms with Crippen molar-refractivity contribution in [3.63, 3.8) is 0 Å². The van der Waals surface area contributed by atoms with E-state index in [1.165, 1.54) is 0 Å². The summed E-state index contributed by atoms with van der Waals surface area (Å²) in [5, 5.41) is 0. The van der Waals surface area contributed by atoms with Crippen molar-refractivity contribution in [2.24, 2.45) is 0 Å². The first-order valence-corrected chi connectivity index (χ1v) is 8.06. The van der Waals surface area contributed by atoms with Gasteiger partial charge in [-0.1, -0.05) is 37.3 Å². The van der Waals surface area contributed by atoms with Crippen LogP contribution in [0, 0.1) is 0 Å². The van der Waals surface area contributed by atoms with Crippen LogP contribution in [-0.4, -0.2) is 19.5 Å². The monoisotopic (exact) mass is 312 g/mol. The van der Waals surface area contributed by atoms with Crippen molar-refractivity contribution >= 4 is 5.78 Å². The van der Waals surface area contributed by atoms with Crippen LogP contribution in [0.4, 0.5) is 0 Å². The maximum Gasteiger partial charge on any atom is 0.162 e. The fourth-order valence-corrected chi connectivity index (χ4v) is 2.44. The van der Waals surface area contributed by atoms with Gasteiger partial charge in [0.05, 0.1) is 0 Å². The molecule has 0 fully saturated rings. The second kappa shape index (κ2) is 9.11. The van der Waals surface area contributed by atoms with Gasteiger partial charge in [0.2, 0.25) is 0 Å². The van der Waals surface area contributed by atoms with Gasteiger partial charge in [0.15, 0.2) is 5.78 Å². The molecule has 0 saturated heterocycles. The van der Waals surface area contributed by atoms with Crippen LogP contribution in [0.3, 0.4) is 0 Å². The standard InChI is InChI=1S/C20H24O3/c1-3-19(21)17-11-12-20(18(14-17)10-7-13-22-2)23-15-16-8-5-4-6-9-16/h4-6,8-9,11-12,14H,3,7,10,13,15H2,1-2H3. The van der Waals surface area contributed by atoms with E-state index in [-0.39, 0.29) is 5.78 Å². The topological polar surface area (TPSA) is 35.5 Å². The Morgan fingerprint density at radius 3 is 2.57 bits per heavy atom. The number of ketones is 1. The van der Waals surface area contributed by atoms with Gasteiger partial charge in [0.1, 0.15) is 12.4 Å². The summed E-state index contributed by atoms with van der Waals surface area (Å²) in [6, 6.07) is 15.8. The summed E-state index contributed by atoms with van der Waals surface area (Å²) in [5.74, 6) is 1.00. The van der Waals surface area contributed by atoms with E-state index in [0.29, 0.717) is 19.6 Å². The van der Waals surface area contributed by atoms with E-state index in [2.05, 4.69) is 0 Å². The molecule has 0 aliphatic carbocycles. The van der Waals surface area contributed by atoms with Crippen LogP contribution >= 0.6 is 0 Å². The first-order valence-electron chi connectivity index (χ1n) is 8.06. The zero-order valence-electron chi connectivity index (χ0n) is 13.9. The molecular weight excluding hydrogens is 288 g/mol. The summed E-state index contributed by atoms with van der Waals surface area (Å²) >= 11 is 0. The fourth-order valence-electron chi connectivity index (χ4n) is 2.44. The highest BCUT2D eigenvalue weighted by molar-refractivity contribution is 5.96. The number of methoxy groups -OCH3 is 1. The van der Waals surface area contributed by atoms with Gasteiger partial charge in [-0.25, -0.2) is 0 Å². The maximum absolute atomic E-state index is 11.9. The summed E-state index contributed by atoms with van der Waals surface area (Å²) in [6.45, 7) is 3.11. The number of benzene rings is 2. The molecule has 0 spiro atoms. The van der Waals surface area contributed by atoms with Crippen molar-refractivity contribution in [3.05, 3.63) is 65.2 Å². The van der Waals surface area contributed by atoms with E-state index in [4.69, 9.17) is 9.47 Å². The number of Topliss-reactive ketones (excluding diaryl/α,β-unsaturated/α-hetero) is 1. The number of hydrogen-bond acceptors (Lipinski definition) is 3. The Morgan fingerprint density at radius 2 is 1.87 bits per heavy atom. The minimum atomic E-state index is 0.160. The number of carbonyl (C=O) groups is 1. The predicted octanol–water partition coefficient (Wildman–Crippen LogP) is 4.44. The van der Waals surface area contributed by atoms with Crippen LogP contribution in [0.5, 0.6) is 5.75 Å². The molecule has 0 radical (unpaired) electrons. The Hall–Kier alpha value is -2.13. The summed E-state index contributed by atoms with van der Waals surface area (Å²) in [7, 11) is 1.70. The van der Waals surface area contributed by atoms with E-state index in [1.54, 1.807) is 7.11 Å². The quantitative estimate of drug-likeness (QED) is 0.507.